The number of carbonyl (C=O) groups is 1. The quantitative estimate of drug-likeness (QED) is 0.676. The van der Waals surface area contributed by atoms with E-state index in [4.69, 9.17) is 0 Å². The number of aromatic nitrogens is 4. The highest BCUT2D eigenvalue weighted by Crippen LogP contribution is 2.24. The predicted molar refractivity (Wildman–Crippen MR) is 105 cm³/mol. The monoisotopic (exact) mass is 384 g/mol. The summed E-state index contributed by atoms with van der Waals surface area (Å²) in [6, 6.07) is 2.03. The van der Waals surface area contributed by atoms with Crippen LogP contribution in [0.3, 0.4) is 0 Å². The van der Waals surface area contributed by atoms with Crippen LogP contribution in [-0.2, 0) is 6.54 Å². The van der Waals surface area contributed by atoms with Gasteiger partial charge in [0.25, 0.3) is 5.91 Å². The van der Waals surface area contributed by atoms with Crippen molar-refractivity contribution >= 4 is 22.2 Å². The number of nitrogens with zero attached hydrogens (tertiary/aromatic N) is 6. The summed E-state index contributed by atoms with van der Waals surface area (Å²) in [4.78, 5) is 31.2. The average Bonchev–Trinajstić information content (AvgIpc) is 3.31. The largest absolute Gasteiger partial charge is 0.337 e. The zero-order chi connectivity index (χ0) is 18.8. The molecule has 4 rings (SSSR count). The van der Waals surface area contributed by atoms with Gasteiger partial charge in [-0.05, 0) is 39.3 Å². The number of piperidine rings is 1. The molecule has 3 aromatic heterocycles. The molecule has 1 fully saturated rings. The van der Waals surface area contributed by atoms with Gasteiger partial charge >= 0.3 is 0 Å². The van der Waals surface area contributed by atoms with Gasteiger partial charge < -0.3 is 4.90 Å². The van der Waals surface area contributed by atoms with Crippen LogP contribution in [0.5, 0.6) is 0 Å². The fourth-order valence-electron chi connectivity index (χ4n) is 3.55. The smallest absolute Gasteiger partial charge is 0.274 e. The minimum absolute atomic E-state index is 0.0590. The molecule has 0 aliphatic carbocycles. The van der Waals surface area contributed by atoms with Crippen LogP contribution in [-0.4, -0.2) is 55.2 Å². The number of hydrogen-bond acceptors (Lipinski definition) is 6. The van der Waals surface area contributed by atoms with Crippen molar-refractivity contribution in [3.05, 3.63) is 47.2 Å². The summed E-state index contributed by atoms with van der Waals surface area (Å²) in [5, 5.41) is 2.01. The van der Waals surface area contributed by atoms with E-state index in [2.05, 4.69) is 26.8 Å². The Labute approximate surface area is 162 Å². The van der Waals surface area contributed by atoms with E-state index in [0.717, 1.165) is 42.3 Å². The van der Waals surface area contributed by atoms with E-state index in [1.807, 2.05) is 34.0 Å². The summed E-state index contributed by atoms with van der Waals surface area (Å²) in [5.41, 5.74) is 2.50. The summed E-state index contributed by atoms with van der Waals surface area (Å²) in [7, 11) is 2.05. The molecule has 3 aromatic rings. The third kappa shape index (κ3) is 3.59. The number of hydrogen-bond donors (Lipinski definition) is 0. The third-order valence-corrected chi connectivity index (χ3v) is 6.06. The van der Waals surface area contributed by atoms with Gasteiger partial charge in [-0.2, -0.15) is 0 Å². The zero-order valence-corrected chi connectivity index (χ0v) is 16.5. The lowest BCUT2D eigenvalue weighted by Crippen LogP contribution is -2.36. The van der Waals surface area contributed by atoms with Gasteiger partial charge in [-0.15, -0.1) is 11.3 Å². The summed E-state index contributed by atoms with van der Waals surface area (Å²) in [5.74, 6) is 0.0590. The molecule has 8 heteroatoms. The van der Waals surface area contributed by atoms with E-state index >= 15 is 0 Å². The van der Waals surface area contributed by atoms with Gasteiger partial charge in [0.05, 0.1) is 11.4 Å². The number of fused-ring (bicyclic) bond motifs is 1. The molecule has 0 saturated carbocycles. The van der Waals surface area contributed by atoms with Gasteiger partial charge in [-0.1, -0.05) is 0 Å². The molecule has 0 aromatic carbocycles. The molecule has 1 aliphatic rings. The second-order valence-electron chi connectivity index (χ2n) is 7.04. The van der Waals surface area contributed by atoms with Crippen molar-refractivity contribution in [2.24, 2.45) is 0 Å². The van der Waals surface area contributed by atoms with Gasteiger partial charge in [-0.25, -0.2) is 15.0 Å². The Morgan fingerprint density at radius 1 is 1.33 bits per heavy atom. The Balaban J connectivity index is 1.62. The van der Waals surface area contributed by atoms with Crippen LogP contribution in [0, 0.1) is 0 Å². The maximum absolute atomic E-state index is 13.1. The number of rotatable bonds is 5. The second-order valence-corrected chi connectivity index (χ2v) is 7.91. The Hall–Kier alpha value is -2.32. The molecule has 0 radical (unpaired) electrons. The fourth-order valence-corrected chi connectivity index (χ4v) is 4.28. The van der Waals surface area contributed by atoms with Gasteiger partial charge in [0.15, 0.2) is 10.7 Å². The van der Waals surface area contributed by atoms with Crippen molar-refractivity contribution in [1.29, 1.82) is 0 Å². The Morgan fingerprint density at radius 2 is 2.15 bits per heavy atom. The molecule has 0 bridgehead atoms. The minimum Gasteiger partial charge on any atom is -0.337 e. The average molecular weight is 385 g/mol. The van der Waals surface area contributed by atoms with Crippen molar-refractivity contribution in [2.75, 3.05) is 20.1 Å². The molecular formula is C19H24N6OS. The van der Waals surface area contributed by atoms with E-state index in [0.29, 0.717) is 12.2 Å². The van der Waals surface area contributed by atoms with Crippen molar-refractivity contribution in [3.8, 4) is 0 Å². The van der Waals surface area contributed by atoms with Crippen LogP contribution in [0.2, 0.25) is 0 Å². The van der Waals surface area contributed by atoms with Crippen LogP contribution in [0.4, 0.5) is 0 Å². The van der Waals surface area contributed by atoms with Crippen molar-refractivity contribution < 1.29 is 4.79 Å². The fraction of sp³-hybridized carbons (Fsp3) is 0.474. The molecule has 1 amide bonds. The summed E-state index contributed by atoms with van der Waals surface area (Å²) < 4.78 is 2.05. The van der Waals surface area contributed by atoms with Crippen molar-refractivity contribution in [3.63, 3.8) is 0 Å². The Morgan fingerprint density at radius 3 is 2.89 bits per heavy atom. The third-order valence-electron chi connectivity index (χ3n) is 5.30. The normalized spacial score (nSPS) is 16.2. The molecule has 1 aliphatic heterocycles. The molecule has 1 saturated heterocycles. The lowest BCUT2D eigenvalue weighted by molar-refractivity contribution is 0.0716. The van der Waals surface area contributed by atoms with Gasteiger partial charge in [-0.3, -0.25) is 14.1 Å². The first kappa shape index (κ1) is 18.1. The lowest BCUT2D eigenvalue weighted by Gasteiger charge is -2.27. The van der Waals surface area contributed by atoms with E-state index in [-0.39, 0.29) is 11.9 Å². The molecule has 0 spiro atoms. The number of amides is 1. The van der Waals surface area contributed by atoms with E-state index in [1.165, 1.54) is 6.42 Å². The topological polar surface area (TPSA) is 66.6 Å². The molecule has 142 valence electrons. The van der Waals surface area contributed by atoms with Crippen LogP contribution < -0.4 is 0 Å². The number of likely N-dealkylation sites (tertiary alicyclic amines) is 1. The van der Waals surface area contributed by atoms with Crippen LogP contribution in [0.15, 0.2) is 30.2 Å². The van der Waals surface area contributed by atoms with Crippen molar-refractivity contribution in [1.82, 2.24) is 29.2 Å². The first-order valence-electron chi connectivity index (χ1n) is 9.35. The SMILES string of the molecule is C[C@H](c1ccncn1)N(C)Cc1c(C(=O)N2CCCCC2)nc2sccn12. The highest BCUT2D eigenvalue weighted by Gasteiger charge is 2.27. The number of carbonyl (C=O) groups excluding carboxylic acids is 1. The van der Waals surface area contributed by atoms with Gasteiger partial charge in [0.2, 0.25) is 0 Å². The first-order chi connectivity index (χ1) is 13.1. The van der Waals surface area contributed by atoms with Crippen molar-refractivity contribution in [2.45, 2.75) is 38.8 Å². The van der Waals surface area contributed by atoms with E-state index in [1.54, 1.807) is 23.9 Å². The van der Waals surface area contributed by atoms with Gasteiger partial charge in [0.1, 0.15) is 6.33 Å². The standard InChI is InChI=1S/C19H24N6OS/c1-14(15-6-7-20-13-21-15)23(2)12-16-17(22-19-25(16)10-11-27-19)18(26)24-8-4-3-5-9-24/h6-7,10-11,13-14H,3-5,8-9,12H2,1-2H3/t14-/m1/s1. The van der Waals surface area contributed by atoms with E-state index in [9.17, 15) is 4.79 Å². The lowest BCUT2D eigenvalue weighted by atomic mass is 10.1. The number of thiazole rings is 1. The van der Waals surface area contributed by atoms with Gasteiger partial charge in [0, 0.05) is 43.4 Å². The molecule has 4 heterocycles. The Kier molecular flexibility index (Phi) is 5.18. The zero-order valence-electron chi connectivity index (χ0n) is 15.7. The number of imidazole rings is 1. The molecule has 0 N–H and O–H groups in total. The molecule has 7 nitrogen and oxygen atoms in total. The van der Waals surface area contributed by atoms with Crippen LogP contribution >= 0.6 is 11.3 Å². The summed E-state index contributed by atoms with van der Waals surface area (Å²) >= 11 is 1.56. The Bertz CT molecular complexity index is 915. The second kappa shape index (κ2) is 7.74. The molecule has 0 unspecified atom stereocenters. The van der Waals surface area contributed by atoms with E-state index < -0.39 is 0 Å². The first-order valence-corrected chi connectivity index (χ1v) is 10.2. The molecule has 1 atom stereocenters. The molecule has 27 heavy (non-hydrogen) atoms. The van der Waals surface area contributed by atoms with Crippen LogP contribution in [0.25, 0.3) is 4.96 Å². The highest BCUT2D eigenvalue weighted by molar-refractivity contribution is 7.15. The molecular weight excluding hydrogens is 360 g/mol. The highest BCUT2D eigenvalue weighted by atomic mass is 32.1. The maximum atomic E-state index is 13.1. The predicted octanol–water partition coefficient (Wildman–Crippen LogP) is 3.00. The minimum atomic E-state index is 0.0590. The maximum Gasteiger partial charge on any atom is 0.274 e. The van der Waals surface area contributed by atoms with Crippen LogP contribution in [0.1, 0.15) is 54.1 Å². The summed E-state index contributed by atoms with van der Waals surface area (Å²) in [6.45, 7) is 4.39. The summed E-state index contributed by atoms with van der Waals surface area (Å²) in [6.07, 6.45) is 8.68.